The van der Waals surface area contributed by atoms with Gasteiger partial charge in [0.15, 0.2) is 0 Å². The van der Waals surface area contributed by atoms with Crippen molar-refractivity contribution in [3.8, 4) is 0 Å². The van der Waals surface area contributed by atoms with Gasteiger partial charge in [0, 0.05) is 39.3 Å². The molecule has 112 valence electrons. The average Bonchev–Trinajstić information content (AvgIpc) is 2.93. The second-order valence-electron chi connectivity index (χ2n) is 5.00. The Kier molecular flexibility index (Phi) is 4.00. The van der Waals surface area contributed by atoms with Crippen LogP contribution in [0.1, 0.15) is 9.67 Å². The fourth-order valence-electron chi connectivity index (χ4n) is 2.55. The number of carbonyl (C=O) groups excluding carboxylic acids is 1. The van der Waals surface area contributed by atoms with E-state index in [9.17, 15) is 4.79 Å². The summed E-state index contributed by atoms with van der Waals surface area (Å²) < 4.78 is 0.929. The van der Waals surface area contributed by atoms with Gasteiger partial charge in [0.2, 0.25) is 0 Å². The van der Waals surface area contributed by atoms with Gasteiger partial charge in [0.05, 0.1) is 15.1 Å². The topological polar surface area (TPSA) is 101 Å². The third-order valence-electron chi connectivity index (χ3n) is 3.65. The predicted octanol–water partition coefficient (Wildman–Crippen LogP) is -0.129. The molecule has 1 fully saturated rings. The molecule has 0 saturated carbocycles. The van der Waals surface area contributed by atoms with Crippen LogP contribution >= 0.6 is 11.3 Å². The van der Waals surface area contributed by atoms with E-state index in [0.29, 0.717) is 11.4 Å². The number of piperazine rings is 1. The second-order valence-corrected chi connectivity index (χ2v) is 6.06. The van der Waals surface area contributed by atoms with Gasteiger partial charge in [-0.05, 0) is 6.07 Å². The van der Waals surface area contributed by atoms with Crippen molar-refractivity contribution in [2.45, 2.75) is 0 Å². The van der Waals surface area contributed by atoms with Gasteiger partial charge in [0.25, 0.3) is 5.91 Å². The summed E-state index contributed by atoms with van der Waals surface area (Å²) in [5.74, 6) is 0.474. The summed E-state index contributed by atoms with van der Waals surface area (Å²) in [6.45, 7) is 5.35. The largest absolute Gasteiger partial charge is 0.365 e. The maximum atomic E-state index is 11.3. The molecule has 1 aliphatic rings. The molecule has 4 N–H and O–H groups in total. The lowest BCUT2D eigenvalue weighted by Crippen LogP contribution is -2.48. The molecule has 3 heterocycles. The van der Waals surface area contributed by atoms with Gasteiger partial charge in [-0.15, -0.1) is 11.3 Å². The number of primary amides is 1. The third kappa shape index (κ3) is 2.82. The summed E-state index contributed by atoms with van der Waals surface area (Å²) in [6.07, 6.45) is 1.54. The molecule has 0 atom stereocenters. The van der Waals surface area contributed by atoms with Crippen molar-refractivity contribution < 1.29 is 4.79 Å². The van der Waals surface area contributed by atoms with Crippen LogP contribution in [-0.2, 0) is 0 Å². The number of rotatable bonds is 4. The molecule has 2 aromatic heterocycles. The maximum Gasteiger partial charge on any atom is 0.258 e. The lowest BCUT2D eigenvalue weighted by molar-refractivity contribution is 0.100. The number of nitrogens with zero attached hydrogens (tertiary/aromatic N) is 4. The Bertz CT molecular complexity index is 649. The first-order valence-corrected chi connectivity index (χ1v) is 7.72. The van der Waals surface area contributed by atoms with Gasteiger partial charge >= 0.3 is 0 Å². The van der Waals surface area contributed by atoms with Gasteiger partial charge in [-0.25, -0.2) is 9.97 Å². The van der Waals surface area contributed by atoms with E-state index in [-0.39, 0.29) is 0 Å². The molecule has 8 heteroatoms. The van der Waals surface area contributed by atoms with Crippen molar-refractivity contribution in [1.82, 2.24) is 14.9 Å². The minimum absolute atomic E-state index is 0.420. The van der Waals surface area contributed by atoms with Gasteiger partial charge in [0.1, 0.15) is 12.1 Å². The van der Waals surface area contributed by atoms with E-state index in [1.54, 1.807) is 12.4 Å². The zero-order chi connectivity index (χ0) is 14.8. The highest BCUT2D eigenvalue weighted by molar-refractivity contribution is 7.21. The summed E-state index contributed by atoms with van der Waals surface area (Å²) in [4.78, 5) is 25.1. The van der Waals surface area contributed by atoms with E-state index < -0.39 is 5.91 Å². The number of hydrogen-bond donors (Lipinski definition) is 2. The van der Waals surface area contributed by atoms with E-state index in [4.69, 9.17) is 11.5 Å². The fraction of sp³-hybridized carbons (Fsp3) is 0.462. The Morgan fingerprint density at radius 3 is 2.71 bits per heavy atom. The highest BCUT2D eigenvalue weighted by Crippen LogP contribution is 2.31. The van der Waals surface area contributed by atoms with Crippen LogP contribution in [-0.4, -0.2) is 60.0 Å². The first kappa shape index (κ1) is 14.2. The van der Waals surface area contributed by atoms with Crippen LogP contribution in [0.3, 0.4) is 0 Å². The molecule has 0 spiro atoms. The fourth-order valence-corrected chi connectivity index (χ4v) is 3.53. The summed E-state index contributed by atoms with van der Waals surface area (Å²) in [7, 11) is 0. The second kappa shape index (κ2) is 5.92. The molecule has 3 rings (SSSR count). The number of anilines is 1. The molecule has 7 nitrogen and oxygen atoms in total. The van der Waals surface area contributed by atoms with E-state index in [1.165, 1.54) is 11.3 Å². The van der Waals surface area contributed by atoms with Crippen molar-refractivity contribution in [3.63, 3.8) is 0 Å². The first-order chi connectivity index (χ1) is 10.2. The Morgan fingerprint density at radius 1 is 1.29 bits per heavy atom. The molecular weight excluding hydrogens is 288 g/mol. The Labute approximate surface area is 126 Å². The third-order valence-corrected chi connectivity index (χ3v) is 4.79. The number of amides is 1. The Morgan fingerprint density at radius 2 is 2.05 bits per heavy atom. The molecule has 2 aromatic rings. The highest BCUT2D eigenvalue weighted by atomic mass is 32.1. The monoisotopic (exact) mass is 306 g/mol. The molecule has 0 aromatic carbocycles. The maximum absolute atomic E-state index is 11.3. The number of aromatic nitrogens is 2. The van der Waals surface area contributed by atoms with Crippen molar-refractivity contribution in [2.24, 2.45) is 11.5 Å². The summed E-state index contributed by atoms with van der Waals surface area (Å²) in [5.41, 5.74) is 11.7. The number of nitrogens with two attached hydrogens (primary N) is 2. The van der Waals surface area contributed by atoms with Crippen LogP contribution in [0.25, 0.3) is 10.2 Å². The van der Waals surface area contributed by atoms with E-state index >= 15 is 0 Å². The van der Waals surface area contributed by atoms with Gasteiger partial charge in [-0.3, -0.25) is 9.69 Å². The number of thiophene rings is 1. The summed E-state index contributed by atoms with van der Waals surface area (Å²) in [6, 6.07) is 1.73. The standard InChI is InChI=1S/C13H18N6OS/c14-1-2-18-3-5-19(6-4-18)13-11-9(16-8-17-13)7-10(21-11)12(15)20/h7-8H,1-6,14H2,(H2,15,20). The molecule has 0 unspecified atom stereocenters. The SMILES string of the molecule is NCCN1CCN(c2ncnc3cc(C(N)=O)sc23)CC1. The molecular formula is C13H18N6OS. The smallest absolute Gasteiger partial charge is 0.258 e. The summed E-state index contributed by atoms with van der Waals surface area (Å²) >= 11 is 1.36. The van der Waals surface area contributed by atoms with Crippen LogP contribution in [0, 0.1) is 0 Å². The van der Waals surface area contributed by atoms with Gasteiger partial charge in [-0.1, -0.05) is 0 Å². The number of carbonyl (C=O) groups is 1. The van der Waals surface area contributed by atoms with Crippen LogP contribution < -0.4 is 16.4 Å². The molecule has 1 aliphatic heterocycles. The Hall–Kier alpha value is -1.77. The molecule has 0 aliphatic carbocycles. The number of fused-ring (bicyclic) bond motifs is 1. The average molecular weight is 306 g/mol. The van der Waals surface area contributed by atoms with Crippen LogP contribution in [0.4, 0.5) is 5.82 Å². The minimum Gasteiger partial charge on any atom is -0.365 e. The predicted molar refractivity (Wildman–Crippen MR) is 83.6 cm³/mol. The van der Waals surface area contributed by atoms with Crippen molar-refractivity contribution in [1.29, 1.82) is 0 Å². The normalized spacial score (nSPS) is 16.5. The van der Waals surface area contributed by atoms with Crippen molar-refractivity contribution >= 4 is 33.3 Å². The van der Waals surface area contributed by atoms with Crippen LogP contribution in [0.2, 0.25) is 0 Å². The van der Waals surface area contributed by atoms with E-state index in [2.05, 4.69) is 19.8 Å². The van der Waals surface area contributed by atoms with Crippen LogP contribution in [0.15, 0.2) is 12.4 Å². The minimum atomic E-state index is -0.420. The lowest BCUT2D eigenvalue weighted by atomic mass is 10.3. The zero-order valence-electron chi connectivity index (χ0n) is 11.7. The van der Waals surface area contributed by atoms with Crippen molar-refractivity contribution in [2.75, 3.05) is 44.2 Å². The summed E-state index contributed by atoms with van der Waals surface area (Å²) in [5, 5.41) is 0. The first-order valence-electron chi connectivity index (χ1n) is 6.91. The quantitative estimate of drug-likeness (QED) is 0.816. The van der Waals surface area contributed by atoms with Gasteiger partial charge in [-0.2, -0.15) is 0 Å². The molecule has 0 radical (unpaired) electrons. The van der Waals surface area contributed by atoms with E-state index in [1.807, 2.05) is 0 Å². The zero-order valence-corrected chi connectivity index (χ0v) is 12.5. The van der Waals surface area contributed by atoms with Gasteiger partial charge < -0.3 is 16.4 Å². The number of hydrogen-bond acceptors (Lipinski definition) is 7. The highest BCUT2D eigenvalue weighted by Gasteiger charge is 2.21. The molecule has 21 heavy (non-hydrogen) atoms. The van der Waals surface area contributed by atoms with Crippen molar-refractivity contribution in [3.05, 3.63) is 17.3 Å². The molecule has 1 amide bonds. The molecule has 1 saturated heterocycles. The lowest BCUT2D eigenvalue weighted by Gasteiger charge is -2.35. The van der Waals surface area contributed by atoms with Crippen LogP contribution in [0.5, 0.6) is 0 Å². The Balaban J connectivity index is 1.85. The molecule has 0 bridgehead atoms. The van der Waals surface area contributed by atoms with E-state index in [0.717, 1.165) is 48.8 Å².